The molecule has 28 heavy (non-hydrogen) atoms. The van der Waals surface area contributed by atoms with Crippen LogP contribution in [0.4, 0.5) is 0 Å². The highest BCUT2D eigenvalue weighted by Crippen LogP contribution is 2.28. The zero-order chi connectivity index (χ0) is 18.6. The third kappa shape index (κ3) is 4.78. The van der Waals surface area contributed by atoms with Crippen LogP contribution in [0.25, 0.3) is 0 Å². The molecule has 3 aliphatic rings. The maximum absolute atomic E-state index is 13.0. The summed E-state index contributed by atoms with van der Waals surface area (Å²) in [6, 6.07) is 7.93. The number of likely N-dealkylation sites (tertiary alicyclic amines) is 1. The molecule has 6 nitrogen and oxygen atoms in total. The van der Waals surface area contributed by atoms with Gasteiger partial charge >= 0.3 is 0 Å². The summed E-state index contributed by atoms with van der Waals surface area (Å²) in [5, 5.41) is 6.31. The number of amides is 2. The molecule has 3 aliphatic heterocycles. The predicted molar refractivity (Wildman–Crippen MR) is 110 cm³/mol. The Hall–Kier alpha value is -1.79. The number of hydrogen-bond acceptors (Lipinski definition) is 4. The number of rotatable bonds is 4. The summed E-state index contributed by atoms with van der Waals surface area (Å²) in [5.41, 5.74) is 1.12. The molecule has 2 amide bonds. The summed E-state index contributed by atoms with van der Waals surface area (Å²) in [4.78, 5) is 27.2. The van der Waals surface area contributed by atoms with Crippen LogP contribution in [0.5, 0.6) is 5.75 Å². The molecule has 2 fully saturated rings. The van der Waals surface area contributed by atoms with Gasteiger partial charge in [-0.15, -0.1) is 12.4 Å². The van der Waals surface area contributed by atoms with Gasteiger partial charge < -0.3 is 20.3 Å². The zero-order valence-corrected chi connectivity index (χ0v) is 17.0. The fourth-order valence-electron chi connectivity index (χ4n) is 4.45. The molecule has 2 saturated heterocycles. The van der Waals surface area contributed by atoms with Gasteiger partial charge in [0.2, 0.25) is 11.8 Å². The smallest absolute Gasteiger partial charge is 0.237 e. The Morgan fingerprint density at radius 1 is 1.21 bits per heavy atom. The van der Waals surface area contributed by atoms with Gasteiger partial charge in [-0.05, 0) is 56.2 Å². The van der Waals surface area contributed by atoms with Gasteiger partial charge in [0.25, 0.3) is 0 Å². The lowest BCUT2D eigenvalue weighted by atomic mass is 9.92. The van der Waals surface area contributed by atoms with Crippen LogP contribution in [-0.4, -0.2) is 55.5 Å². The molecule has 0 aromatic heterocycles. The number of nitrogens with one attached hydrogen (secondary N) is 2. The van der Waals surface area contributed by atoms with E-state index in [1.807, 2.05) is 29.2 Å². The van der Waals surface area contributed by atoms with Crippen LogP contribution in [0.3, 0.4) is 0 Å². The zero-order valence-electron chi connectivity index (χ0n) is 16.2. The second kappa shape index (κ2) is 9.61. The number of ether oxygens (including phenoxy) is 1. The Kier molecular flexibility index (Phi) is 7.18. The normalized spacial score (nSPS) is 26.6. The molecule has 1 aromatic carbocycles. The van der Waals surface area contributed by atoms with E-state index in [0.29, 0.717) is 19.1 Å². The molecule has 0 aliphatic carbocycles. The first-order valence-corrected chi connectivity index (χ1v) is 10.2. The fraction of sp³-hybridized carbons (Fsp3) is 0.619. The van der Waals surface area contributed by atoms with Crippen molar-refractivity contribution < 1.29 is 14.3 Å². The molecule has 0 saturated carbocycles. The third-order valence-corrected chi connectivity index (χ3v) is 6.00. The molecule has 154 valence electrons. The predicted octanol–water partition coefficient (Wildman–Crippen LogP) is 1.77. The van der Waals surface area contributed by atoms with Crippen molar-refractivity contribution in [1.82, 2.24) is 15.5 Å². The molecule has 4 rings (SSSR count). The minimum atomic E-state index is -0.101. The monoisotopic (exact) mass is 407 g/mol. The fourth-order valence-corrected chi connectivity index (χ4v) is 4.45. The van der Waals surface area contributed by atoms with E-state index in [1.54, 1.807) is 0 Å². The highest BCUT2D eigenvalue weighted by molar-refractivity contribution is 5.85. The lowest BCUT2D eigenvalue weighted by Gasteiger charge is -2.36. The summed E-state index contributed by atoms with van der Waals surface area (Å²) < 4.78 is 5.80. The van der Waals surface area contributed by atoms with Crippen LogP contribution in [0.1, 0.15) is 31.2 Å². The summed E-state index contributed by atoms with van der Waals surface area (Å²) in [6.45, 7) is 3.59. The number of para-hydroxylation sites is 1. The van der Waals surface area contributed by atoms with E-state index in [1.165, 1.54) is 0 Å². The molecule has 3 heterocycles. The third-order valence-electron chi connectivity index (χ3n) is 6.00. The van der Waals surface area contributed by atoms with Crippen molar-refractivity contribution in [3.05, 3.63) is 29.8 Å². The minimum Gasteiger partial charge on any atom is -0.492 e. The topological polar surface area (TPSA) is 70.7 Å². The van der Waals surface area contributed by atoms with E-state index in [0.717, 1.165) is 63.1 Å². The minimum absolute atomic E-state index is 0. The van der Waals surface area contributed by atoms with Gasteiger partial charge in [0.05, 0.1) is 12.0 Å². The van der Waals surface area contributed by atoms with Gasteiger partial charge in [-0.3, -0.25) is 9.59 Å². The average molecular weight is 408 g/mol. The van der Waals surface area contributed by atoms with Crippen molar-refractivity contribution in [2.24, 2.45) is 11.8 Å². The Bertz CT molecular complexity index is 693. The van der Waals surface area contributed by atoms with Crippen LogP contribution >= 0.6 is 12.4 Å². The summed E-state index contributed by atoms with van der Waals surface area (Å²) in [5.74, 6) is 1.44. The molecule has 0 bridgehead atoms. The van der Waals surface area contributed by atoms with Crippen molar-refractivity contribution in [3.8, 4) is 5.75 Å². The second-order valence-corrected chi connectivity index (χ2v) is 8.01. The molecule has 3 unspecified atom stereocenters. The van der Waals surface area contributed by atoms with E-state index >= 15 is 0 Å². The first kappa shape index (κ1) is 20.9. The number of nitrogens with zero attached hydrogens (tertiary/aromatic N) is 1. The lowest BCUT2D eigenvalue weighted by molar-refractivity contribution is -0.138. The number of carbonyl (C=O) groups is 2. The van der Waals surface area contributed by atoms with Crippen molar-refractivity contribution in [2.45, 2.75) is 38.1 Å². The summed E-state index contributed by atoms with van der Waals surface area (Å²) in [7, 11) is 0. The highest BCUT2D eigenvalue weighted by Gasteiger charge is 2.32. The van der Waals surface area contributed by atoms with Crippen LogP contribution in [-0.2, 0) is 16.0 Å². The number of carbonyl (C=O) groups excluding carboxylic acids is 2. The van der Waals surface area contributed by atoms with E-state index in [4.69, 9.17) is 4.74 Å². The van der Waals surface area contributed by atoms with Crippen molar-refractivity contribution in [3.63, 3.8) is 0 Å². The summed E-state index contributed by atoms with van der Waals surface area (Å²) >= 11 is 0. The average Bonchev–Trinajstić information content (AvgIpc) is 3.26. The van der Waals surface area contributed by atoms with Crippen LogP contribution in [0, 0.1) is 11.8 Å². The second-order valence-electron chi connectivity index (χ2n) is 8.01. The van der Waals surface area contributed by atoms with Gasteiger partial charge in [0.15, 0.2) is 0 Å². The number of piperidine rings is 1. The first-order chi connectivity index (χ1) is 13.2. The SMILES string of the molecule is Cl.O=C(NCC1CCCN(C(=O)C2COc3ccccc3C2)C1)C1CCCN1. The molecule has 0 spiro atoms. The van der Waals surface area contributed by atoms with Crippen LogP contribution in [0.2, 0.25) is 0 Å². The van der Waals surface area contributed by atoms with Gasteiger partial charge in [-0.25, -0.2) is 0 Å². The quantitative estimate of drug-likeness (QED) is 0.798. The molecular formula is C21H30ClN3O3. The number of fused-ring (bicyclic) bond motifs is 1. The van der Waals surface area contributed by atoms with Gasteiger partial charge in [-0.2, -0.15) is 0 Å². The maximum Gasteiger partial charge on any atom is 0.237 e. The molecule has 7 heteroatoms. The maximum atomic E-state index is 13.0. The molecule has 1 aromatic rings. The number of halogens is 1. The van der Waals surface area contributed by atoms with E-state index < -0.39 is 0 Å². The van der Waals surface area contributed by atoms with Crippen molar-refractivity contribution in [2.75, 3.05) is 32.8 Å². The number of benzene rings is 1. The van der Waals surface area contributed by atoms with Gasteiger partial charge in [0.1, 0.15) is 12.4 Å². The first-order valence-electron chi connectivity index (χ1n) is 10.2. The van der Waals surface area contributed by atoms with Gasteiger partial charge in [0, 0.05) is 19.6 Å². The van der Waals surface area contributed by atoms with Crippen molar-refractivity contribution >= 4 is 24.2 Å². The lowest BCUT2D eigenvalue weighted by Crippen LogP contribution is -2.49. The van der Waals surface area contributed by atoms with Crippen LogP contribution in [0.15, 0.2) is 24.3 Å². The molecule has 3 atom stereocenters. The molecule has 0 radical (unpaired) electrons. The Balaban J connectivity index is 0.00000225. The Morgan fingerprint density at radius 3 is 2.89 bits per heavy atom. The standard InChI is InChI=1S/C21H29N3O3.ClH/c25-20(18-7-3-9-22-18)23-12-15-5-4-10-24(13-15)21(26)17-11-16-6-1-2-8-19(16)27-14-17;/h1-2,6,8,15,17-18,22H,3-5,7,9-14H2,(H,23,25);1H. The van der Waals surface area contributed by atoms with Gasteiger partial charge in [-0.1, -0.05) is 18.2 Å². The highest BCUT2D eigenvalue weighted by atomic mass is 35.5. The van der Waals surface area contributed by atoms with Crippen molar-refractivity contribution in [1.29, 1.82) is 0 Å². The van der Waals surface area contributed by atoms with E-state index in [-0.39, 0.29) is 36.2 Å². The van der Waals surface area contributed by atoms with Crippen LogP contribution < -0.4 is 15.4 Å². The molecule has 2 N–H and O–H groups in total. The van der Waals surface area contributed by atoms with E-state index in [2.05, 4.69) is 10.6 Å². The Morgan fingerprint density at radius 2 is 2.07 bits per heavy atom. The largest absolute Gasteiger partial charge is 0.492 e. The van der Waals surface area contributed by atoms with E-state index in [9.17, 15) is 9.59 Å². The summed E-state index contributed by atoms with van der Waals surface area (Å²) in [6.07, 6.45) is 4.80. The molecular weight excluding hydrogens is 378 g/mol. The Labute approximate surface area is 172 Å². The number of hydrogen-bond donors (Lipinski definition) is 2.